The maximum absolute atomic E-state index is 13.7. The number of benzene rings is 1. The van der Waals surface area contributed by atoms with Crippen LogP contribution in [-0.2, 0) is 4.74 Å². The Kier molecular flexibility index (Phi) is 4.04. The summed E-state index contributed by atoms with van der Waals surface area (Å²) < 4.78 is 32.1. The van der Waals surface area contributed by atoms with E-state index in [4.69, 9.17) is 10.6 Å². The van der Waals surface area contributed by atoms with Crippen molar-refractivity contribution in [3.05, 3.63) is 35.4 Å². The lowest BCUT2D eigenvalue weighted by Crippen LogP contribution is -2.37. The maximum Gasteiger partial charge on any atom is 0.128 e. The van der Waals surface area contributed by atoms with E-state index in [1.165, 1.54) is 6.07 Å². The van der Waals surface area contributed by atoms with Gasteiger partial charge in [0.25, 0.3) is 0 Å². The molecule has 0 aliphatic carbocycles. The Morgan fingerprint density at radius 1 is 1.41 bits per heavy atom. The van der Waals surface area contributed by atoms with Crippen LogP contribution in [0.5, 0.6) is 0 Å². The third-order valence-corrected chi connectivity index (χ3v) is 3.14. The summed E-state index contributed by atoms with van der Waals surface area (Å²) in [6.45, 7) is 1.24. The van der Waals surface area contributed by atoms with Gasteiger partial charge >= 0.3 is 0 Å². The van der Waals surface area contributed by atoms with Gasteiger partial charge in [-0.05, 0) is 31.0 Å². The Morgan fingerprint density at radius 2 is 2.24 bits per heavy atom. The van der Waals surface area contributed by atoms with Crippen LogP contribution in [0, 0.1) is 17.6 Å². The van der Waals surface area contributed by atoms with Gasteiger partial charge in [-0.2, -0.15) is 0 Å². The summed E-state index contributed by atoms with van der Waals surface area (Å²) in [4.78, 5) is 0. The molecule has 0 saturated carbocycles. The Bertz CT molecular complexity index is 381. The second-order valence-corrected chi connectivity index (χ2v) is 4.29. The monoisotopic (exact) mass is 242 g/mol. The molecule has 0 amide bonds. The molecule has 2 atom stereocenters. The quantitative estimate of drug-likeness (QED) is 0.628. The molecule has 3 N–H and O–H groups in total. The SMILES string of the molecule is NNC(c1cc(F)ccc1F)C1CCCOC1. The van der Waals surface area contributed by atoms with Crippen LogP contribution in [0.15, 0.2) is 18.2 Å². The van der Waals surface area contributed by atoms with E-state index in [9.17, 15) is 8.78 Å². The third kappa shape index (κ3) is 2.80. The number of hydrogen-bond donors (Lipinski definition) is 2. The molecule has 2 rings (SSSR count). The first-order chi connectivity index (χ1) is 8.22. The average Bonchev–Trinajstić information content (AvgIpc) is 2.36. The predicted octanol–water partition coefficient (Wildman–Crippen LogP) is 1.90. The number of ether oxygens (including phenoxy) is 1. The van der Waals surface area contributed by atoms with Gasteiger partial charge in [-0.3, -0.25) is 11.3 Å². The van der Waals surface area contributed by atoms with Crippen molar-refractivity contribution in [2.24, 2.45) is 11.8 Å². The van der Waals surface area contributed by atoms with E-state index in [1.807, 2.05) is 0 Å². The molecule has 0 spiro atoms. The molecule has 1 aliphatic heterocycles. The van der Waals surface area contributed by atoms with Crippen LogP contribution in [0.1, 0.15) is 24.4 Å². The lowest BCUT2D eigenvalue weighted by atomic mass is 9.89. The molecular formula is C12H16F2N2O. The Morgan fingerprint density at radius 3 is 2.88 bits per heavy atom. The largest absolute Gasteiger partial charge is 0.381 e. The summed E-state index contributed by atoms with van der Waals surface area (Å²) in [5.74, 6) is 4.63. The van der Waals surface area contributed by atoms with Crippen molar-refractivity contribution in [3.63, 3.8) is 0 Å². The van der Waals surface area contributed by atoms with Gasteiger partial charge in [0.15, 0.2) is 0 Å². The molecule has 94 valence electrons. The zero-order chi connectivity index (χ0) is 12.3. The Hall–Kier alpha value is -1.04. The van der Waals surface area contributed by atoms with Gasteiger partial charge in [0.2, 0.25) is 0 Å². The van der Waals surface area contributed by atoms with E-state index in [2.05, 4.69) is 5.43 Å². The summed E-state index contributed by atoms with van der Waals surface area (Å²) in [5.41, 5.74) is 2.84. The highest BCUT2D eigenvalue weighted by Gasteiger charge is 2.27. The molecule has 1 aliphatic rings. The molecule has 1 heterocycles. The number of nitrogens with two attached hydrogens (primary N) is 1. The number of nitrogens with one attached hydrogen (secondary N) is 1. The molecule has 2 unspecified atom stereocenters. The van der Waals surface area contributed by atoms with Crippen molar-refractivity contribution in [3.8, 4) is 0 Å². The second-order valence-electron chi connectivity index (χ2n) is 4.29. The molecule has 0 aromatic heterocycles. The number of rotatable bonds is 3. The third-order valence-electron chi connectivity index (χ3n) is 3.14. The lowest BCUT2D eigenvalue weighted by molar-refractivity contribution is 0.0384. The summed E-state index contributed by atoms with van der Waals surface area (Å²) in [5, 5.41) is 0. The second kappa shape index (κ2) is 5.53. The first kappa shape index (κ1) is 12.4. The van der Waals surface area contributed by atoms with E-state index in [-0.39, 0.29) is 11.5 Å². The van der Waals surface area contributed by atoms with Gasteiger partial charge in [0.05, 0.1) is 12.6 Å². The molecule has 5 heteroatoms. The summed E-state index contributed by atoms with van der Waals surface area (Å²) in [6, 6.07) is 3.00. The van der Waals surface area contributed by atoms with Crippen LogP contribution < -0.4 is 11.3 Å². The van der Waals surface area contributed by atoms with Crippen LogP contribution in [0.25, 0.3) is 0 Å². The highest BCUT2D eigenvalue weighted by atomic mass is 19.1. The van der Waals surface area contributed by atoms with E-state index >= 15 is 0 Å². The van der Waals surface area contributed by atoms with Crippen molar-refractivity contribution in [2.45, 2.75) is 18.9 Å². The zero-order valence-corrected chi connectivity index (χ0v) is 9.46. The highest BCUT2D eigenvalue weighted by molar-refractivity contribution is 5.23. The molecule has 1 aromatic rings. The number of hydrogen-bond acceptors (Lipinski definition) is 3. The molecule has 17 heavy (non-hydrogen) atoms. The van der Waals surface area contributed by atoms with E-state index in [1.54, 1.807) is 0 Å². The Labute approximate surface area is 98.9 Å². The van der Waals surface area contributed by atoms with E-state index in [0.717, 1.165) is 31.6 Å². The summed E-state index contributed by atoms with van der Waals surface area (Å²) in [6.07, 6.45) is 1.81. The van der Waals surface area contributed by atoms with Gasteiger partial charge in [0, 0.05) is 18.1 Å². The van der Waals surface area contributed by atoms with Crippen molar-refractivity contribution in [1.29, 1.82) is 0 Å². The first-order valence-corrected chi connectivity index (χ1v) is 5.71. The fourth-order valence-corrected chi connectivity index (χ4v) is 2.26. The van der Waals surface area contributed by atoms with Crippen LogP contribution in [-0.4, -0.2) is 13.2 Å². The normalized spacial score (nSPS) is 22.4. The number of halogens is 2. The molecule has 3 nitrogen and oxygen atoms in total. The van der Waals surface area contributed by atoms with Crippen molar-refractivity contribution in [1.82, 2.24) is 5.43 Å². The van der Waals surface area contributed by atoms with Crippen LogP contribution in [0.3, 0.4) is 0 Å². The van der Waals surface area contributed by atoms with Gasteiger partial charge in [-0.25, -0.2) is 8.78 Å². The minimum atomic E-state index is -0.460. The predicted molar refractivity (Wildman–Crippen MR) is 60.0 cm³/mol. The molecule has 1 saturated heterocycles. The molecule has 0 radical (unpaired) electrons. The van der Waals surface area contributed by atoms with Crippen LogP contribution >= 0.6 is 0 Å². The maximum atomic E-state index is 13.7. The van der Waals surface area contributed by atoms with Crippen LogP contribution in [0.2, 0.25) is 0 Å². The van der Waals surface area contributed by atoms with Gasteiger partial charge < -0.3 is 4.74 Å². The summed E-state index contributed by atoms with van der Waals surface area (Å²) in [7, 11) is 0. The van der Waals surface area contributed by atoms with Crippen molar-refractivity contribution < 1.29 is 13.5 Å². The fraction of sp³-hybridized carbons (Fsp3) is 0.500. The average molecular weight is 242 g/mol. The first-order valence-electron chi connectivity index (χ1n) is 5.71. The van der Waals surface area contributed by atoms with Crippen molar-refractivity contribution >= 4 is 0 Å². The standard InChI is InChI=1S/C12H16F2N2O/c13-9-3-4-11(14)10(6-9)12(16-15)8-2-1-5-17-7-8/h3-4,6,8,12,16H,1-2,5,7,15H2. The summed E-state index contributed by atoms with van der Waals surface area (Å²) >= 11 is 0. The van der Waals surface area contributed by atoms with Gasteiger partial charge in [0.1, 0.15) is 11.6 Å². The van der Waals surface area contributed by atoms with E-state index < -0.39 is 17.7 Å². The van der Waals surface area contributed by atoms with Crippen LogP contribution in [0.4, 0.5) is 8.78 Å². The molecule has 1 fully saturated rings. The fourth-order valence-electron chi connectivity index (χ4n) is 2.26. The highest BCUT2D eigenvalue weighted by Crippen LogP contribution is 2.30. The van der Waals surface area contributed by atoms with E-state index in [0.29, 0.717) is 6.61 Å². The molecule has 1 aromatic carbocycles. The lowest BCUT2D eigenvalue weighted by Gasteiger charge is -2.30. The zero-order valence-electron chi connectivity index (χ0n) is 9.46. The topological polar surface area (TPSA) is 47.3 Å². The minimum absolute atomic E-state index is 0.0741. The van der Waals surface area contributed by atoms with Gasteiger partial charge in [-0.15, -0.1) is 0 Å². The molecular weight excluding hydrogens is 226 g/mol. The smallest absolute Gasteiger partial charge is 0.128 e. The number of hydrazine groups is 1. The molecule has 0 bridgehead atoms. The van der Waals surface area contributed by atoms with Crippen molar-refractivity contribution in [2.75, 3.05) is 13.2 Å². The minimum Gasteiger partial charge on any atom is -0.381 e. The Balaban J connectivity index is 2.24. The van der Waals surface area contributed by atoms with Gasteiger partial charge in [-0.1, -0.05) is 0 Å².